The monoisotopic (exact) mass is 425 g/mol. The van der Waals surface area contributed by atoms with E-state index in [2.05, 4.69) is 9.97 Å². The van der Waals surface area contributed by atoms with Gasteiger partial charge in [0.25, 0.3) is 5.91 Å². The molecule has 1 aliphatic heterocycles. The number of carbonyl (C=O) groups excluding carboxylic acids is 2. The maximum absolute atomic E-state index is 12.9. The maximum atomic E-state index is 12.9. The van der Waals surface area contributed by atoms with Gasteiger partial charge in [-0.25, -0.2) is 9.97 Å². The molecule has 2 N–H and O–H groups in total. The standard InChI is InChI=1S/C24H19N5O3/c25-11-22-27-12-17(13-28-22)15-8-19-18-2-1-14(24(31)29-3-5-32-6-4-29)7-16(18)10-20(19)21(9-15)23(26)30/h1-2,7-9,12-13H,3-6,10H2,(H2,26,30). The van der Waals surface area contributed by atoms with Crippen LogP contribution < -0.4 is 5.73 Å². The van der Waals surface area contributed by atoms with Crippen molar-refractivity contribution in [2.24, 2.45) is 5.73 Å². The number of nitrogens with two attached hydrogens (primary N) is 1. The summed E-state index contributed by atoms with van der Waals surface area (Å²) in [5.74, 6) is -0.458. The number of amides is 2. The number of ether oxygens (including phenoxy) is 1. The second-order valence-corrected chi connectivity index (χ2v) is 7.77. The Labute approximate surface area is 184 Å². The molecule has 3 aromatic rings. The topological polar surface area (TPSA) is 122 Å². The van der Waals surface area contributed by atoms with Gasteiger partial charge in [-0.2, -0.15) is 5.26 Å². The predicted molar refractivity (Wildman–Crippen MR) is 116 cm³/mol. The summed E-state index contributed by atoms with van der Waals surface area (Å²) in [6.07, 6.45) is 3.63. The van der Waals surface area contributed by atoms with E-state index in [0.717, 1.165) is 27.8 Å². The SMILES string of the molecule is N#Cc1ncc(-c2cc(C(N)=O)c3c(c2)-c2ccc(C(=O)N4CCOCC4)cc2C3)cn1. The van der Waals surface area contributed by atoms with Gasteiger partial charge in [0, 0.05) is 42.2 Å². The van der Waals surface area contributed by atoms with Gasteiger partial charge in [0.2, 0.25) is 11.7 Å². The third-order valence-corrected chi connectivity index (χ3v) is 5.91. The molecule has 1 saturated heterocycles. The van der Waals surface area contributed by atoms with Crippen LogP contribution in [0.5, 0.6) is 0 Å². The Morgan fingerprint density at radius 3 is 2.47 bits per heavy atom. The number of hydrogen-bond acceptors (Lipinski definition) is 6. The van der Waals surface area contributed by atoms with Crippen molar-refractivity contribution in [1.82, 2.24) is 14.9 Å². The molecule has 158 valence electrons. The van der Waals surface area contributed by atoms with Gasteiger partial charge in [0.1, 0.15) is 6.07 Å². The van der Waals surface area contributed by atoms with Crippen LogP contribution in [-0.2, 0) is 11.2 Å². The molecule has 0 bridgehead atoms. The lowest BCUT2D eigenvalue weighted by Gasteiger charge is -2.27. The molecule has 0 radical (unpaired) electrons. The van der Waals surface area contributed by atoms with Crippen LogP contribution in [0, 0.1) is 11.3 Å². The van der Waals surface area contributed by atoms with Crippen LogP contribution in [0.4, 0.5) is 0 Å². The average Bonchev–Trinajstić information content (AvgIpc) is 3.21. The molecule has 8 heteroatoms. The van der Waals surface area contributed by atoms with E-state index in [0.29, 0.717) is 49.4 Å². The zero-order valence-electron chi connectivity index (χ0n) is 17.2. The van der Waals surface area contributed by atoms with E-state index < -0.39 is 5.91 Å². The molecular formula is C24H19N5O3. The molecule has 32 heavy (non-hydrogen) atoms. The molecule has 0 spiro atoms. The molecule has 2 amide bonds. The Morgan fingerprint density at radius 2 is 1.78 bits per heavy atom. The highest BCUT2D eigenvalue weighted by molar-refractivity contribution is 6.01. The molecule has 1 aromatic heterocycles. The zero-order chi connectivity index (χ0) is 22.2. The number of primary amides is 1. The number of aromatic nitrogens is 2. The maximum Gasteiger partial charge on any atom is 0.254 e. The first-order chi connectivity index (χ1) is 15.5. The first kappa shape index (κ1) is 19.8. The number of hydrogen-bond donors (Lipinski definition) is 1. The Bertz CT molecular complexity index is 1290. The third-order valence-electron chi connectivity index (χ3n) is 5.91. The van der Waals surface area contributed by atoms with Gasteiger partial charge in [-0.3, -0.25) is 9.59 Å². The minimum absolute atomic E-state index is 0.0161. The minimum atomic E-state index is -0.518. The van der Waals surface area contributed by atoms with E-state index in [-0.39, 0.29) is 11.7 Å². The van der Waals surface area contributed by atoms with Crippen molar-refractivity contribution in [3.63, 3.8) is 0 Å². The third kappa shape index (κ3) is 3.39. The van der Waals surface area contributed by atoms with E-state index in [1.807, 2.05) is 30.3 Å². The highest BCUT2D eigenvalue weighted by Gasteiger charge is 2.27. The van der Waals surface area contributed by atoms with Crippen LogP contribution >= 0.6 is 0 Å². The van der Waals surface area contributed by atoms with Crippen molar-refractivity contribution in [2.75, 3.05) is 26.3 Å². The largest absolute Gasteiger partial charge is 0.378 e. The number of nitriles is 1. The Balaban J connectivity index is 1.55. The summed E-state index contributed by atoms with van der Waals surface area (Å²) in [6, 6.07) is 11.3. The molecule has 2 aliphatic rings. The van der Waals surface area contributed by atoms with Gasteiger partial charge in [0.15, 0.2) is 0 Å². The van der Waals surface area contributed by atoms with Gasteiger partial charge < -0.3 is 15.4 Å². The summed E-state index contributed by atoms with van der Waals surface area (Å²) in [5, 5.41) is 8.93. The minimum Gasteiger partial charge on any atom is -0.378 e. The fourth-order valence-corrected chi connectivity index (χ4v) is 4.30. The molecule has 0 unspecified atom stereocenters. The first-order valence-corrected chi connectivity index (χ1v) is 10.2. The fourth-order valence-electron chi connectivity index (χ4n) is 4.30. The summed E-state index contributed by atoms with van der Waals surface area (Å²) < 4.78 is 5.34. The van der Waals surface area contributed by atoms with Crippen LogP contribution in [0.25, 0.3) is 22.3 Å². The summed E-state index contributed by atoms with van der Waals surface area (Å²) in [7, 11) is 0. The van der Waals surface area contributed by atoms with Crippen molar-refractivity contribution in [3.05, 3.63) is 70.8 Å². The number of carbonyl (C=O) groups is 2. The lowest BCUT2D eigenvalue weighted by molar-refractivity contribution is 0.0303. The van der Waals surface area contributed by atoms with Gasteiger partial charge in [-0.15, -0.1) is 0 Å². The van der Waals surface area contributed by atoms with Gasteiger partial charge >= 0.3 is 0 Å². The molecule has 0 saturated carbocycles. The quantitative estimate of drug-likeness (QED) is 0.537. The summed E-state index contributed by atoms with van der Waals surface area (Å²) >= 11 is 0. The summed E-state index contributed by atoms with van der Waals surface area (Å²) in [6.45, 7) is 2.26. The van der Waals surface area contributed by atoms with E-state index in [9.17, 15) is 9.59 Å². The molecule has 1 fully saturated rings. The molecule has 0 atom stereocenters. The highest BCUT2D eigenvalue weighted by Crippen LogP contribution is 2.41. The van der Waals surface area contributed by atoms with Gasteiger partial charge in [-0.05, 0) is 58.5 Å². The van der Waals surface area contributed by atoms with Gasteiger partial charge in [0.05, 0.1) is 13.2 Å². The Kier molecular flexibility index (Phi) is 4.88. The lowest BCUT2D eigenvalue weighted by Crippen LogP contribution is -2.40. The lowest BCUT2D eigenvalue weighted by atomic mass is 9.95. The fraction of sp³-hybridized carbons (Fsp3) is 0.208. The Hall–Kier alpha value is -4.09. The normalized spacial score (nSPS) is 14.4. The summed E-state index contributed by atoms with van der Waals surface area (Å²) in [4.78, 5) is 35.0. The smallest absolute Gasteiger partial charge is 0.254 e. The molecule has 1 aliphatic carbocycles. The zero-order valence-corrected chi connectivity index (χ0v) is 17.2. The van der Waals surface area contributed by atoms with Crippen molar-refractivity contribution < 1.29 is 14.3 Å². The van der Waals surface area contributed by atoms with Crippen LogP contribution in [0.1, 0.15) is 37.7 Å². The molecule has 2 heterocycles. The molecule has 5 rings (SSSR count). The Morgan fingerprint density at radius 1 is 1.03 bits per heavy atom. The highest BCUT2D eigenvalue weighted by atomic mass is 16.5. The number of morpholine rings is 1. The molecule has 2 aromatic carbocycles. The van der Waals surface area contributed by atoms with E-state index in [1.165, 1.54) is 0 Å². The van der Waals surface area contributed by atoms with Crippen molar-refractivity contribution in [1.29, 1.82) is 5.26 Å². The first-order valence-electron chi connectivity index (χ1n) is 10.2. The van der Waals surface area contributed by atoms with Crippen molar-refractivity contribution >= 4 is 11.8 Å². The number of fused-ring (bicyclic) bond motifs is 3. The molecule has 8 nitrogen and oxygen atoms in total. The van der Waals surface area contributed by atoms with Crippen LogP contribution in [0.15, 0.2) is 42.7 Å². The van der Waals surface area contributed by atoms with E-state index in [4.69, 9.17) is 15.7 Å². The average molecular weight is 425 g/mol. The molecular weight excluding hydrogens is 406 g/mol. The van der Waals surface area contributed by atoms with Crippen LogP contribution in [0.3, 0.4) is 0 Å². The van der Waals surface area contributed by atoms with E-state index >= 15 is 0 Å². The van der Waals surface area contributed by atoms with Gasteiger partial charge in [-0.1, -0.05) is 6.07 Å². The number of rotatable bonds is 3. The van der Waals surface area contributed by atoms with Crippen LogP contribution in [0.2, 0.25) is 0 Å². The van der Waals surface area contributed by atoms with Crippen molar-refractivity contribution in [3.8, 4) is 28.3 Å². The number of nitrogens with zero attached hydrogens (tertiary/aromatic N) is 4. The van der Waals surface area contributed by atoms with Crippen LogP contribution in [-0.4, -0.2) is 53.0 Å². The second kappa shape index (κ2) is 7.87. The van der Waals surface area contributed by atoms with E-state index in [1.54, 1.807) is 23.4 Å². The predicted octanol–water partition coefficient (Wildman–Crippen LogP) is 2.16. The summed E-state index contributed by atoms with van der Waals surface area (Å²) in [5.41, 5.74) is 11.9. The van der Waals surface area contributed by atoms with Crippen molar-refractivity contribution in [2.45, 2.75) is 6.42 Å². The number of benzene rings is 2. The second-order valence-electron chi connectivity index (χ2n) is 7.77.